The number of aromatic nitrogens is 4. The number of nitrogens with one attached hydrogen (secondary N) is 1. The molecule has 1 fully saturated rings. The third-order valence-electron chi connectivity index (χ3n) is 4.94. The van der Waals surface area contributed by atoms with E-state index in [0.717, 1.165) is 28.6 Å². The Kier molecular flexibility index (Phi) is 6.35. The first-order valence-corrected chi connectivity index (χ1v) is 10.2. The van der Waals surface area contributed by atoms with Crippen LogP contribution in [0.3, 0.4) is 0 Å². The van der Waals surface area contributed by atoms with Crippen LogP contribution in [0.25, 0.3) is 11.3 Å². The molecule has 3 heterocycles. The lowest BCUT2D eigenvalue weighted by Gasteiger charge is -2.41. The molecular weight excluding hydrogens is 453 g/mol. The van der Waals surface area contributed by atoms with Gasteiger partial charge in [-0.3, -0.25) is 4.79 Å². The van der Waals surface area contributed by atoms with Crippen LogP contribution < -0.4 is 5.56 Å². The monoisotopic (exact) mass is 470 g/mol. The molecule has 0 spiro atoms. The van der Waals surface area contributed by atoms with E-state index in [1.807, 2.05) is 0 Å². The van der Waals surface area contributed by atoms with Crippen LogP contribution >= 0.6 is 11.8 Å². The van der Waals surface area contributed by atoms with Gasteiger partial charge in [0.15, 0.2) is 17.5 Å². The molecule has 1 saturated heterocycles. The number of halogens is 3. The largest absolute Gasteiger partial charge is 0.394 e. The van der Waals surface area contributed by atoms with E-state index in [1.54, 1.807) is 6.07 Å². The molecule has 1 aliphatic rings. The highest BCUT2D eigenvalue weighted by Gasteiger charge is 2.46. The molecule has 5 atom stereocenters. The van der Waals surface area contributed by atoms with Crippen molar-refractivity contribution in [3.8, 4) is 11.3 Å². The molecule has 13 heteroatoms. The van der Waals surface area contributed by atoms with E-state index in [2.05, 4.69) is 15.3 Å². The van der Waals surface area contributed by atoms with Crippen molar-refractivity contribution in [3.63, 3.8) is 0 Å². The number of rotatable bonds is 5. The minimum atomic E-state index is -1.62. The molecule has 170 valence electrons. The van der Waals surface area contributed by atoms with Crippen molar-refractivity contribution in [1.82, 2.24) is 20.0 Å². The SMILES string of the molecule is O=c1cc(S[C@H]2OC(CO)[C@H](O)C(n3cc(-c4cc(F)c(F)c(F)c4)nn3)C2O)cc[nH]1. The number of hydrogen-bond acceptors (Lipinski definition) is 8. The van der Waals surface area contributed by atoms with Gasteiger partial charge in [0, 0.05) is 22.7 Å². The van der Waals surface area contributed by atoms with Crippen LogP contribution in [0, 0.1) is 17.5 Å². The van der Waals surface area contributed by atoms with Gasteiger partial charge in [0.2, 0.25) is 5.56 Å². The van der Waals surface area contributed by atoms with E-state index in [0.29, 0.717) is 4.90 Å². The number of aliphatic hydroxyl groups is 3. The summed E-state index contributed by atoms with van der Waals surface area (Å²) in [6.07, 6.45) is -1.26. The summed E-state index contributed by atoms with van der Waals surface area (Å²) in [4.78, 5) is 14.5. The zero-order valence-electron chi connectivity index (χ0n) is 16.1. The predicted octanol–water partition coefficient (Wildman–Crippen LogP) is 0.823. The van der Waals surface area contributed by atoms with Crippen molar-refractivity contribution in [2.24, 2.45) is 0 Å². The number of thioether (sulfide) groups is 1. The summed E-state index contributed by atoms with van der Waals surface area (Å²) < 4.78 is 47.1. The van der Waals surface area contributed by atoms with Crippen LogP contribution in [-0.4, -0.2) is 65.7 Å². The molecule has 3 aromatic rings. The molecule has 3 unspecified atom stereocenters. The summed E-state index contributed by atoms with van der Waals surface area (Å²) in [7, 11) is 0. The van der Waals surface area contributed by atoms with Gasteiger partial charge in [-0.25, -0.2) is 17.9 Å². The van der Waals surface area contributed by atoms with Gasteiger partial charge < -0.3 is 25.0 Å². The number of hydrogen-bond donors (Lipinski definition) is 4. The van der Waals surface area contributed by atoms with Gasteiger partial charge in [-0.15, -0.1) is 5.10 Å². The quantitative estimate of drug-likeness (QED) is 0.403. The lowest BCUT2D eigenvalue weighted by Crippen LogP contribution is -2.55. The summed E-state index contributed by atoms with van der Waals surface area (Å²) >= 11 is 0.998. The highest BCUT2D eigenvalue weighted by atomic mass is 32.2. The van der Waals surface area contributed by atoms with Crippen molar-refractivity contribution in [2.45, 2.75) is 34.7 Å². The second-order valence-corrected chi connectivity index (χ2v) is 8.21. The zero-order valence-corrected chi connectivity index (χ0v) is 16.9. The second kappa shape index (κ2) is 9.03. The Hall–Kier alpha value is -2.71. The molecule has 0 bridgehead atoms. The molecule has 0 saturated carbocycles. The van der Waals surface area contributed by atoms with Crippen LogP contribution in [0.2, 0.25) is 0 Å². The number of aliphatic hydroxyl groups excluding tert-OH is 3. The maximum absolute atomic E-state index is 13.6. The van der Waals surface area contributed by atoms with Crippen molar-refractivity contribution >= 4 is 11.8 Å². The highest BCUT2D eigenvalue weighted by Crippen LogP contribution is 2.38. The Morgan fingerprint density at radius 1 is 1.16 bits per heavy atom. The molecule has 0 radical (unpaired) electrons. The molecule has 9 nitrogen and oxygen atoms in total. The Morgan fingerprint density at radius 2 is 1.88 bits per heavy atom. The Morgan fingerprint density at radius 3 is 2.53 bits per heavy atom. The Labute approximate surface area is 182 Å². The van der Waals surface area contributed by atoms with Crippen molar-refractivity contribution in [2.75, 3.05) is 6.61 Å². The van der Waals surface area contributed by atoms with Gasteiger partial charge in [-0.2, -0.15) is 0 Å². The van der Waals surface area contributed by atoms with E-state index < -0.39 is 53.8 Å². The van der Waals surface area contributed by atoms with Gasteiger partial charge in [0.25, 0.3) is 0 Å². The Bertz CT molecular complexity index is 1150. The van der Waals surface area contributed by atoms with Crippen molar-refractivity contribution < 1.29 is 33.2 Å². The molecule has 0 aliphatic carbocycles. The lowest BCUT2D eigenvalue weighted by molar-refractivity contribution is -0.178. The van der Waals surface area contributed by atoms with Gasteiger partial charge in [0.1, 0.15) is 35.5 Å². The summed E-state index contributed by atoms with van der Waals surface area (Å²) in [6.45, 7) is -0.577. The minimum absolute atomic E-state index is 0.0342. The number of aromatic amines is 1. The van der Waals surface area contributed by atoms with Gasteiger partial charge in [-0.1, -0.05) is 17.0 Å². The zero-order chi connectivity index (χ0) is 23.0. The first kappa shape index (κ1) is 22.5. The van der Waals surface area contributed by atoms with Gasteiger partial charge >= 0.3 is 0 Å². The normalized spacial score (nSPS) is 25.8. The third-order valence-corrected chi connectivity index (χ3v) is 6.09. The standard InChI is InChI=1S/C19H17F3N4O5S/c20-10-3-8(4-11(21)15(10)22)12-6-26(25-24-12)16-17(29)13(7-27)31-19(18(16)30)32-9-1-2-23-14(28)5-9/h1-6,13,16-19,27,29-30H,7H2,(H,23,28)/t13?,16?,17-,18?,19+/m0/s1. The summed E-state index contributed by atoms with van der Waals surface area (Å²) in [5.74, 6) is -4.44. The third kappa shape index (κ3) is 4.29. The number of H-pyrrole nitrogens is 1. The summed E-state index contributed by atoms with van der Waals surface area (Å²) in [5.41, 5.74) is -1.50. The molecule has 1 aliphatic heterocycles. The molecule has 0 amide bonds. The number of ether oxygens (including phenoxy) is 1. The average Bonchev–Trinajstić information content (AvgIpc) is 3.23. The first-order chi connectivity index (χ1) is 15.3. The van der Waals surface area contributed by atoms with Crippen LogP contribution in [0.4, 0.5) is 13.2 Å². The van der Waals surface area contributed by atoms with Gasteiger partial charge in [-0.05, 0) is 18.2 Å². The van der Waals surface area contributed by atoms with Crippen LogP contribution in [0.1, 0.15) is 6.04 Å². The maximum Gasteiger partial charge on any atom is 0.249 e. The van der Waals surface area contributed by atoms with E-state index in [-0.39, 0.29) is 16.8 Å². The first-order valence-electron chi connectivity index (χ1n) is 9.33. The van der Waals surface area contributed by atoms with E-state index >= 15 is 0 Å². The van der Waals surface area contributed by atoms with E-state index in [1.165, 1.54) is 18.5 Å². The Balaban J connectivity index is 1.64. The number of pyridine rings is 1. The van der Waals surface area contributed by atoms with Crippen molar-refractivity contribution in [3.05, 3.63) is 64.5 Å². The number of benzene rings is 1. The lowest BCUT2D eigenvalue weighted by atomic mass is 9.97. The summed E-state index contributed by atoms with van der Waals surface area (Å²) in [6, 6.07) is 3.20. The number of nitrogens with zero attached hydrogens (tertiary/aromatic N) is 3. The maximum atomic E-state index is 13.6. The summed E-state index contributed by atoms with van der Waals surface area (Å²) in [5, 5.41) is 38.7. The molecule has 2 aromatic heterocycles. The average molecular weight is 470 g/mol. The predicted molar refractivity (Wildman–Crippen MR) is 105 cm³/mol. The fourth-order valence-electron chi connectivity index (χ4n) is 3.37. The fraction of sp³-hybridized carbons (Fsp3) is 0.316. The van der Waals surface area contributed by atoms with Crippen LogP contribution in [0.5, 0.6) is 0 Å². The fourth-order valence-corrected chi connectivity index (χ4v) is 4.46. The molecule has 4 rings (SSSR count). The second-order valence-electron chi connectivity index (χ2n) is 7.04. The van der Waals surface area contributed by atoms with Crippen LogP contribution in [0.15, 0.2) is 46.3 Å². The topological polar surface area (TPSA) is 133 Å². The molecule has 32 heavy (non-hydrogen) atoms. The van der Waals surface area contributed by atoms with Crippen LogP contribution in [-0.2, 0) is 4.74 Å². The van der Waals surface area contributed by atoms with Crippen molar-refractivity contribution in [1.29, 1.82) is 0 Å². The molecule has 4 N–H and O–H groups in total. The molecule has 1 aromatic carbocycles. The van der Waals surface area contributed by atoms with Gasteiger partial charge in [0.05, 0.1) is 12.8 Å². The minimum Gasteiger partial charge on any atom is -0.394 e. The van der Waals surface area contributed by atoms with E-state index in [9.17, 15) is 33.3 Å². The molecular formula is C19H17F3N4O5S. The smallest absolute Gasteiger partial charge is 0.249 e. The highest BCUT2D eigenvalue weighted by molar-refractivity contribution is 7.99. The van der Waals surface area contributed by atoms with E-state index in [4.69, 9.17) is 4.74 Å².